The zero-order valence-electron chi connectivity index (χ0n) is 6.05. The van der Waals surface area contributed by atoms with Crippen molar-refractivity contribution in [1.29, 1.82) is 0 Å². The number of hydrogen-bond donors (Lipinski definition) is 1. The van der Waals surface area contributed by atoms with E-state index in [1.165, 1.54) is 4.83 Å². The second-order valence-electron chi connectivity index (χ2n) is 2.13. The molecule has 0 aliphatic rings. The molecule has 0 aromatic rings. The molecule has 0 heterocycles. The molecule has 0 saturated heterocycles. The zero-order chi connectivity index (χ0) is 8.04. The molecule has 0 aromatic heterocycles. The lowest BCUT2D eigenvalue weighted by atomic mass is 10.3. The second kappa shape index (κ2) is 4.65. The van der Waals surface area contributed by atoms with Crippen molar-refractivity contribution in [2.45, 2.75) is 26.2 Å². The Morgan fingerprint density at radius 3 is 2.40 bits per heavy atom. The summed E-state index contributed by atoms with van der Waals surface area (Å²) in [5.41, 5.74) is 0. The van der Waals surface area contributed by atoms with E-state index in [9.17, 15) is 8.42 Å². The van der Waals surface area contributed by atoms with Gasteiger partial charge in [-0.1, -0.05) is 19.8 Å². The summed E-state index contributed by atoms with van der Waals surface area (Å²) in [6.07, 6.45) is 2.54. The summed E-state index contributed by atoms with van der Waals surface area (Å²) in [6, 6.07) is 0. The van der Waals surface area contributed by atoms with Crippen LogP contribution >= 0.6 is 0 Å². The molecule has 0 saturated carbocycles. The van der Waals surface area contributed by atoms with Crippen molar-refractivity contribution >= 4 is 10.0 Å². The Morgan fingerprint density at radius 2 is 2.00 bits per heavy atom. The minimum Gasteiger partial charge on any atom is -0.211 e. The first kappa shape index (κ1) is 9.87. The van der Waals surface area contributed by atoms with Gasteiger partial charge in [0.2, 0.25) is 10.0 Å². The maximum atomic E-state index is 10.6. The average molecular weight is 165 g/mol. The minimum atomic E-state index is -3.28. The SMILES string of the molecule is CCCCCS(=O)(=O)N[NH]. The molecular weight excluding hydrogens is 152 g/mol. The van der Waals surface area contributed by atoms with Crippen molar-refractivity contribution in [1.82, 2.24) is 10.7 Å². The van der Waals surface area contributed by atoms with Crippen LogP contribution in [0, 0.1) is 0 Å². The van der Waals surface area contributed by atoms with Crippen LogP contribution in [0.25, 0.3) is 0 Å². The molecule has 0 aromatic carbocycles. The highest BCUT2D eigenvalue weighted by molar-refractivity contribution is 7.89. The molecule has 0 unspecified atom stereocenters. The van der Waals surface area contributed by atoms with Gasteiger partial charge >= 0.3 is 0 Å². The predicted molar refractivity (Wildman–Crippen MR) is 39.5 cm³/mol. The summed E-state index contributed by atoms with van der Waals surface area (Å²) < 4.78 is 21.2. The molecule has 10 heavy (non-hydrogen) atoms. The van der Waals surface area contributed by atoms with Gasteiger partial charge in [-0.05, 0) is 6.42 Å². The van der Waals surface area contributed by atoms with Crippen LogP contribution in [0.5, 0.6) is 0 Å². The molecule has 0 rings (SSSR count). The normalized spacial score (nSPS) is 11.8. The largest absolute Gasteiger partial charge is 0.225 e. The van der Waals surface area contributed by atoms with Gasteiger partial charge in [-0.25, -0.2) is 8.42 Å². The summed E-state index contributed by atoms with van der Waals surface area (Å²) in [7, 11) is -3.28. The lowest BCUT2D eigenvalue weighted by molar-refractivity contribution is 0.577. The molecule has 1 radical (unpaired) electrons. The van der Waals surface area contributed by atoms with Crippen LogP contribution in [0.1, 0.15) is 26.2 Å². The van der Waals surface area contributed by atoms with Crippen molar-refractivity contribution in [2.24, 2.45) is 0 Å². The van der Waals surface area contributed by atoms with Crippen molar-refractivity contribution < 1.29 is 8.42 Å². The average Bonchev–Trinajstić information content (AvgIpc) is 1.89. The molecule has 61 valence electrons. The smallest absolute Gasteiger partial charge is 0.211 e. The first-order valence-corrected chi connectivity index (χ1v) is 4.94. The highest BCUT2D eigenvalue weighted by Crippen LogP contribution is 1.96. The summed E-state index contributed by atoms with van der Waals surface area (Å²) in [6.45, 7) is 2.00. The van der Waals surface area contributed by atoms with Gasteiger partial charge in [0.25, 0.3) is 0 Å². The Bertz CT molecular complexity index is 164. The summed E-state index contributed by atoms with van der Waals surface area (Å²) in [5, 5.41) is 0. The van der Waals surface area contributed by atoms with Gasteiger partial charge in [0, 0.05) is 0 Å². The van der Waals surface area contributed by atoms with Gasteiger partial charge < -0.3 is 0 Å². The Kier molecular flexibility index (Phi) is 4.59. The Balaban J connectivity index is 3.49. The second-order valence-corrected chi connectivity index (χ2v) is 3.97. The Hall–Kier alpha value is -0.130. The van der Waals surface area contributed by atoms with Gasteiger partial charge in [0.1, 0.15) is 0 Å². The van der Waals surface area contributed by atoms with E-state index in [4.69, 9.17) is 5.84 Å². The van der Waals surface area contributed by atoms with Crippen LogP contribution in [-0.2, 0) is 10.0 Å². The number of sulfonamides is 1. The van der Waals surface area contributed by atoms with E-state index >= 15 is 0 Å². The van der Waals surface area contributed by atoms with Gasteiger partial charge in [-0.15, -0.1) is 4.83 Å². The van der Waals surface area contributed by atoms with Crippen LogP contribution in [0.15, 0.2) is 0 Å². The lowest BCUT2D eigenvalue weighted by Crippen LogP contribution is -2.24. The van der Waals surface area contributed by atoms with Crippen molar-refractivity contribution in [3.63, 3.8) is 0 Å². The summed E-state index contributed by atoms with van der Waals surface area (Å²) in [5.74, 6) is 6.48. The third kappa shape index (κ3) is 4.72. The van der Waals surface area contributed by atoms with Crippen LogP contribution in [-0.4, -0.2) is 14.2 Å². The fourth-order valence-electron chi connectivity index (χ4n) is 0.593. The zero-order valence-corrected chi connectivity index (χ0v) is 6.87. The third-order valence-electron chi connectivity index (χ3n) is 1.17. The lowest BCUT2D eigenvalue weighted by Gasteiger charge is -1.98. The number of unbranched alkanes of at least 4 members (excludes halogenated alkanes) is 2. The quantitative estimate of drug-likeness (QED) is 0.470. The molecule has 0 fully saturated rings. The monoisotopic (exact) mass is 165 g/mol. The van der Waals surface area contributed by atoms with Gasteiger partial charge in [-0.2, -0.15) is 5.84 Å². The van der Waals surface area contributed by atoms with E-state index < -0.39 is 10.0 Å². The van der Waals surface area contributed by atoms with Crippen LogP contribution in [0.3, 0.4) is 0 Å². The molecule has 4 nitrogen and oxygen atoms in total. The topological polar surface area (TPSA) is 70.0 Å². The summed E-state index contributed by atoms with van der Waals surface area (Å²) in [4.78, 5) is 1.52. The van der Waals surface area contributed by atoms with E-state index in [0.717, 1.165) is 12.8 Å². The van der Waals surface area contributed by atoms with E-state index in [1.807, 2.05) is 6.92 Å². The Morgan fingerprint density at radius 1 is 1.40 bits per heavy atom. The van der Waals surface area contributed by atoms with E-state index in [-0.39, 0.29) is 5.75 Å². The number of hydrogen-bond acceptors (Lipinski definition) is 2. The van der Waals surface area contributed by atoms with Gasteiger partial charge in [0.15, 0.2) is 0 Å². The third-order valence-corrected chi connectivity index (χ3v) is 2.31. The molecular formula is C5H13N2O2S. The van der Waals surface area contributed by atoms with E-state index in [1.54, 1.807) is 0 Å². The highest BCUT2D eigenvalue weighted by Gasteiger charge is 2.05. The highest BCUT2D eigenvalue weighted by atomic mass is 32.2. The molecule has 0 spiro atoms. The molecule has 5 heteroatoms. The molecule has 0 amide bonds. The van der Waals surface area contributed by atoms with E-state index in [0.29, 0.717) is 6.42 Å². The van der Waals surface area contributed by atoms with Crippen molar-refractivity contribution in [3.8, 4) is 0 Å². The first-order chi connectivity index (χ1) is 4.62. The minimum absolute atomic E-state index is 0.0737. The molecule has 0 atom stereocenters. The van der Waals surface area contributed by atoms with Gasteiger partial charge in [0.05, 0.1) is 5.75 Å². The Labute approximate surface area is 61.8 Å². The van der Waals surface area contributed by atoms with Gasteiger partial charge in [-0.3, -0.25) is 0 Å². The molecule has 0 aliphatic heterocycles. The number of rotatable bonds is 5. The first-order valence-electron chi connectivity index (χ1n) is 3.28. The maximum absolute atomic E-state index is 10.6. The maximum Gasteiger partial charge on any atom is 0.225 e. The fourth-order valence-corrected chi connectivity index (χ4v) is 1.28. The van der Waals surface area contributed by atoms with Crippen LogP contribution in [0.4, 0.5) is 0 Å². The molecule has 0 aliphatic carbocycles. The standard InChI is InChI=1S/C5H13N2O2S/c1-2-3-4-5-10(8,9)7-6/h6-7H,2-5H2,1H3. The van der Waals surface area contributed by atoms with Crippen LogP contribution < -0.4 is 10.7 Å². The summed E-state index contributed by atoms with van der Waals surface area (Å²) >= 11 is 0. The number of nitrogens with one attached hydrogen (secondary N) is 2. The predicted octanol–water partition coefficient (Wildman–Crippen LogP) is 0.294. The fraction of sp³-hybridized carbons (Fsp3) is 1.00. The van der Waals surface area contributed by atoms with Crippen molar-refractivity contribution in [2.75, 3.05) is 5.75 Å². The van der Waals surface area contributed by atoms with E-state index in [2.05, 4.69) is 0 Å². The molecule has 0 bridgehead atoms. The van der Waals surface area contributed by atoms with Crippen molar-refractivity contribution in [3.05, 3.63) is 0 Å². The molecule has 2 N–H and O–H groups in total. The van der Waals surface area contributed by atoms with Crippen LogP contribution in [0.2, 0.25) is 0 Å².